The lowest BCUT2D eigenvalue weighted by Crippen LogP contribution is -2.11. The van der Waals surface area contributed by atoms with Gasteiger partial charge in [0.05, 0.1) is 0 Å². The normalized spacial score (nSPS) is 14.0. The third-order valence-electron chi connectivity index (χ3n) is 3.48. The Bertz CT molecular complexity index is 573. The van der Waals surface area contributed by atoms with Gasteiger partial charge in [-0.1, -0.05) is 40.2 Å². The number of furan rings is 1. The van der Waals surface area contributed by atoms with Crippen molar-refractivity contribution in [1.29, 1.82) is 0 Å². The molecule has 1 atom stereocenters. The van der Waals surface area contributed by atoms with Crippen LogP contribution >= 0.6 is 0 Å². The number of aliphatic hydroxyl groups excluding tert-OH is 1. The molecule has 2 nitrogen and oxygen atoms in total. The minimum atomic E-state index is -0.495. The van der Waals surface area contributed by atoms with Crippen LogP contribution in [0.4, 0.5) is 0 Å². The van der Waals surface area contributed by atoms with Crippen molar-refractivity contribution in [1.82, 2.24) is 0 Å². The summed E-state index contributed by atoms with van der Waals surface area (Å²) in [6.45, 7) is 10.7. The second-order valence-electron chi connectivity index (χ2n) is 6.43. The molecule has 2 rings (SSSR count). The molecular formula is C17H24O2. The summed E-state index contributed by atoms with van der Waals surface area (Å²) in [7, 11) is 0. The fourth-order valence-corrected chi connectivity index (χ4v) is 2.46. The van der Waals surface area contributed by atoms with Crippen LogP contribution in [0, 0.1) is 6.92 Å². The second-order valence-corrected chi connectivity index (χ2v) is 6.43. The van der Waals surface area contributed by atoms with Crippen LogP contribution in [-0.2, 0) is 5.41 Å². The van der Waals surface area contributed by atoms with E-state index in [1.165, 1.54) is 11.1 Å². The quantitative estimate of drug-likeness (QED) is 0.854. The van der Waals surface area contributed by atoms with Gasteiger partial charge in [0.15, 0.2) is 0 Å². The van der Waals surface area contributed by atoms with E-state index in [1.807, 2.05) is 6.07 Å². The summed E-state index contributed by atoms with van der Waals surface area (Å²) in [6.07, 6.45) is 1.19. The van der Waals surface area contributed by atoms with E-state index in [-0.39, 0.29) is 5.41 Å². The lowest BCUT2D eigenvalue weighted by molar-refractivity contribution is 0.141. The Kier molecular flexibility index (Phi) is 3.73. The van der Waals surface area contributed by atoms with E-state index in [0.717, 1.165) is 23.8 Å². The van der Waals surface area contributed by atoms with Gasteiger partial charge in [-0.3, -0.25) is 0 Å². The average Bonchev–Trinajstić information content (AvgIpc) is 2.70. The number of hydrogen-bond acceptors (Lipinski definition) is 2. The minimum Gasteiger partial charge on any atom is -0.458 e. The maximum atomic E-state index is 10.1. The second kappa shape index (κ2) is 5.01. The average molecular weight is 260 g/mol. The molecule has 0 bridgehead atoms. The van der Waals surface area contributed by atoms with Crippen molar-refractivity contribution in [2.45, 2.75) is 59.0 Å². The molecule has 0 saturated carbocycles. The first-order valence-electron chi connectivity index (χ1n) is 7.05. The van der Waals surface area contributed by atoms with Crippen LogP contribution in [0.1, 0.15) is 63.5 Å². The minimum absolute atomic E-state index is 0.0368. The standard InChI is InChI=1S/C17H24O2/c1-6-7-14(18)15-10-12-8-11(2)9-13(16(12)19-15)17(3,4)5/h8-10,14,18H,6-7H2,1-5H3. The highest BCUT2D eigenvalue weighted by Gasteiger charge is 2.22. The molecule has 0 spiro atoms. The maximum Gasteiger partial charge on any atom is 0.138 e. The van der Waals surface area contributed by atoms with E-state index < -0.39 is 6.10 Å². The third kappa shape index (κ3) is 2.84. The van der Waals surface area contributed by atoms with Crippen molar-refractivity contribution >= 4 is 11.0 Å². The fraction of sp³-hybridized carbons (Fsp3) is 0.529. The molecule has 2 aromatic rings. The number of aliphatic hydroxyl groups is 1. The molecule has 2 heteroatoms. The number of rotatable bonds is 3. The zero-order chi connectivity index (χ0) is 14.2. The Morgan fingerprint density at radius 1 is 1.21 bits per heavy atom. The van der Waals surface area contributed by atoms with Crippen LogP contribution in [-0.4, -0.2) is 5.11 Å². The Balaban J connectivity index is 2.58. The zero-order valence-electron chi connectivity index (χ0n) is 12.6. The van der Waals surface area contributed by atoms with Crippen molar-refractivity contribution in [2.24, 2.45) is 0 Å². The summed E-state index contributed by atoms with van der Waals surface area (Å²) >= 11 is 0. The van der Waals surface area contributed by atoms with E-state index >= 15 is 0 Å². The lowest BCUT2D eigenvalue weighted by Gasteiger charge is -2.19. The third-order valence-corrected chi connectivity index (χ3v) is 3.48. The first-order chi connectivity index (χ1) is 8.82. The van der Waals surface area contributed by atoms with Gasteiger partial charge in [0.25, 0.3) is 0 Å². The highest BCUT2D eigenvalue weighted by atomic mass is 16.4. The molecule has 0 aliphatic rings. The van der Waals surface area contributed by atoms with Gasteiger partial charge in [-0.2, -0.15) is 0 Å². The summed E-state index contributed by atoms with van der Waals surface area (Å²) in [6, 6.07) is 6.29. The SMILES string of the molecule is CCCC(O)c1cc2cc(C)cc(C(C)(C)C)c2o1. The smallest absolute Gasteiger partial charge is 0.138 e. The van der Waals surface area contributed by atoms with Gasteiger partial charge in [0.2, 0.25) is 0 Å². The van der Waals surface area contributed by atoms with Crippen molar-refractivity contribution in [3.05, 3.63) is 35.1 Å². The summed E-state index contributed by atoms with van der Waals surface area (Å²) in [5.74, 6) is 0.688. The molecule has 0 aliphatic heterocycles. The molecule has 1 aromatic heterocycles. The Morgan fingerprint density at radius 2 is 1.89 bits per heavy atom. The van der Waals surface area contributed by atoms with Crippen LogP contribution < -0.4 is 0 Å². The summed E-state index contributed by atoms with van der Waals surface area (Å²) in [5.41, 5.74) is 3.39. The van der Waals surface area contributed by atoms with Gasteiger partial charge in [-0.25, -0.2) is 0 Å². The number of hydrogen-bond donors (Lipinski definition) is 1. The predicted molar refractivity (Wildman–Crippen MR) is 79.5 cm³/mol. The molecule has 0 fully saturated rings. The molecule has 0 radical (unpaired) electrons. The van der Waals surface area contributed by atoms with Crippen LogP contribution in [0.2, 0.25) is 0 Å². The van der Waals surface area contributed by atoms with Crippen molar-refractivity contribution in [2.75, 3.05) is 0 Å². The van der Waals surface area contributed by atoms with Gasteiger partial charge in [-0.15, -0.1) is 0 Å². The molecule has 104 valence electrons. The zero-order valence-corrected chi connectivity index (χ0v) is 12.6. The van der Waals surface area contributed by atoms with Crippen LogP contribution in [0.5, 0.6) is 0 Å². The topological polar surface area (TPSA) is 33.4 Å². The Hall–Kier alpha value is -1.28. The molecule has 0 aliphatic carbocycles. The molecule has 1 N–H and O–H groups in total. The molecular weight excluding hydrogens is 236 g/mol. The molecule has 0 amide bonds. The van der Waals surface area contributed by atoms with E-state index in [4.69, 9.17) is 4.42 Å². The molecule has 0 saturated heterocycles. The summed E-state index contributed by atoms with van der Waals surface area (Å²) in [4.78, 5) is 0. The van der Waals surface area contributed by atoms with E-state index in [0.29, 0.717) is 5.76 Å². The van der Waals surface area contributed by atoms with Gasteiger partial charge in [0, 0.05) is 10.9 Å². The first kappa shape index (κ1) is 14.1. The van der Waals surface area contributed by atoms with E-state index in [9.17, 15) is 5.11 Å². The molecule has 1 heterocycles. The van der Waals surface area contributed by atoms with Crippen molar-refractivity contribution < 1.29 is 9.52 Å². The van der Waals surface area contributed by atoms with Crippen LogP contribution in [0.3, 0.4) is 0 Å². The van der Waals surface area contributed by atoms with E-state index in [2.05, 4.69) is 46.8 Å². The van der Waals surface area contributed by atoms with Gasteiger partial charge in [-0.05, 0) is 36.5 Å². The largest absolute Gasteiger partial charge is 0.458 e. The Morgan fingerprint density at radius 3 is 2.47 bits per heavy atom. The lowest BCUT2D eigenvalue weighted by atomic mass is 9.85. The highest BCUT2D eigenvalue weighted by Crippen LogP contribution is 2.35. The van der Waals surface area contributed by atoms with Crippen molar-refractivity contribution in [3.8, 4) is 0 Å². The maximum absolute atomic E-state index is 10.1. The molecule has 1 aromatic carbocycles. The Labute approximate surface area is 115 Å². The summed E-state index contributed by atoms with van der Waals surface area (Å²) in [5, 5.41) is 11.2. The summed E-state index contributed by atoms with van der Waals surface area (Å²) < 4.78 is 5.95. The van der Waals surface area contributed by atoms with E-state index in [1.54, 1.807) is 0 Å². The highest BCUT2D eigenvalue weighted by molar-refractivity contribution is 5.83. The number of fused-ring (bicyclic) bond motifs is 1. The van der Waals surface area contributed by atoms with Gasteiger partial charge < -0.3 is 9.52 Å². The fourth-order valence-electron chi connectivity index (χ4n) is 2.46. The molecule has 19 heavy (non-hydrogen) atoms. The predicted octanol–water partition coefficient (Wildman–Crippen LogP) is 4.87. The van der Waals surface area contributed by atoms with Crippen LogP contribution in [0.15, 0.2) is 22.6 Å². The van der Waals surface area contributed by atoms with Gasteiger partial charge >= 0.3 is 0 Å². The number of benzene rings is 1. The molecule has 1 unspecified atom stereocenters. The van der Waals surface area contributed by atoms with Crippen molar-refractivity contribution in [3.63, 3.8) is 0 Å². The number of aryl methyl sites for hydroxylation is 1. The first-order valence-corrected chi connectivity index (χ1v) is 7.05. The monoisotopic (exact) mass is 260 g/mol. The van der Waals surface area contributed by atoms with Gasteiger partial charge in [0.1, 0.15) is 17.4 Å². The van der Waals surface area contributed by atoms with Crippen LogP contribution in [0.25, 0.3) is 11.0 Å².